The molecule has 0 heterocycles. The maximum absolute atomic E-state index is 4.56. The molecule has 0 aliphatic rings. The van der Waals surface area contributed by atoms with Gasteiger partial charge >= 0.3 is 0 Å². The summed E-state index contributed by atoms with van der Waals surface area (Å²) in [6.45, 7) is 0. The highest BCUT2D eigenvalue weighted by atomic mass is 32.2. The highest BCUT2D eigenvalue weighted by molar-refractivity contribution is 7.98. The fraction of sp³-hybridized carbons (Fsp3) is 0.188. The lowest BCUT2D eigenvalue weighted by atomic mass is 10.2. The molecule has 2 nitrogen and oxygen atoms in total. The minimum atomic E-state index is 1.02. The predicted octanol–water partition coefficient (Wildman–Crippen LogP) is 4.23. The number of rotatable bonds is 4. The van der Waals surface area contributed by atoms with E-state index >= 15 is 0 Å². The van der Waals surface area contributed by atoms with Crippen LogP contribution in [0.3, 0.4) is 0 Å². The van der Waals surface area contributed by atoms with Crippen molar-refractivity contribution in [3.05, 3.63) is 54.1 Å². The molecule has 0 amide bonds. The fourth-order valence-corrected chi connectivity index (χ4v) is 2.28. The Kier molecular flexibility index (Phi) is 4.63. The molecule has 2 aromatic rings. The van der Waals surface area contributed by atoms with Crippen molar-refractivity contribution in [1.82, 2.24) is 0 Å². The van der Waals surface area contributed by atoms with Gasteiger partial charge in [-0.3, -0.25) is 4.99 Å². The SMILES string of the molecule is CSc1ccccc1N=Cc1ccc(N(C)C)cc1. The van der Waals surface area contributed by atoms with Gasteiger partial charge in [-0.1, -0.05) is 24.3 Å². The van der Waals surface area contributed by atoms with Gasteiger partial charge in [-0.2, -0.15) is 0 Å². The third-order valence-corrected chi connectivity index (χ3v) is 3.63. The summed E-state index contributed by atoms with van der Waals surface area (Å²) in [5, 5.41) is 0. The quantitative estimate of drug-likeness (QED) is 0.610. The molecule has 19 heavy (non-hydrogen) atoms. The molecular weight excluding hydrogens is 252 g/mol. The van der Waals surface area contributed by atoms with Crippen LogP contribution in [0.5, 0.6) is 0 Å². The van der Waals surface area contributed by atoms with E-state index in [4.69, 9.17) is 0 Å². The molecule has 0 unspecified atom stereocenters. The van der Waals surface area contributed by atoms with Crippen LogP contribution in [0.2, 0.25) is 0 Å². The number of hydrogen-bond donors (Lipinski definition) is 0. The average Bonchev–Trinajstić information content (AvgIpc) is 2.45. The Hall–Kier alpha value is -1.74. The number of para-hydroxylation sites is 1. The summed E-state index contributed by atoms with van der Waals surface area (Å²) in [7, 11) is 4.08. The number of benzene rings is 2. The van der Waals surface area contributed by atoms with Crippen LogP contribution in [-0.2, 0) is 0 Å². The molecule has 98 valence electrons. The Bertz CT molecular complexity index is 559. The smallest absolute Gasteiger partial charge is 0.0765 e. The first-order chi connectivity index (χ1) is 9.20. The van der Waals surface area contributed by atoms with Crippen LogP contribution in [0.4, 0.5) is 11.4 Å². The second kappa shape index (κ2) is 6.43. The molecule has 0 saturated carbocycles. The summed E-state index contributed by atoms with van der Waals surface area (Å²) in [6, 6.07) is 16.5. The zero-order valence-corrected chi connectivity index (χ0v) is 12.3. The molecule has 0 radical (unpaired) electrons. The van der Waals surface area contributed by atoms with Gasteiger partial charge in [-0.15, -0.1) is 11.8 Å². The van der Waals surface area contributed by atoms with Crippen molar-refractivity contribution < 1.29 is 0 Å². The second-order valence-electron chi connectivity index (χ2n) is 4.42. The van der Waals surface area contributed by atoms with Crippen LogP contribution < -0.4 is 4.90 Å². The molecule has 0 atom stereocenters. The van der Waals surface area contributed by atoms with E-state index < -0.39 is 0 Å². The van der Waals surface area contributed by atoms with Gasteiger partial charge < -0.3 is 4.90 Å². The van der Waals surface area contributed by atoms with Crippen molar-refractivity contribution in [1.29, 1.82) is 0 Å². The summed E-state index contributed by atoms with van der Waals surface area (Å²) in [6.07, 6.45) is 3.98. The highest BCUT2D eigenvalue weighted by Crippen LogP contribution is 2.27. The Labute approximate surface area is 119 Å². The van der Waals surface area contributed by atoms with Crippen LogP contribution in [0, 0.1) is 0 Å². The molecule has 0 fully saturated rings. The minimum absolute atomic E-state index is 1.02. The van der Waals surface area contributed by atoms with Crippen LogP contribution in [0.1, 0.15) is 5.56 Å². The fourth-order valence-electron chi connectivity index (χ4n) is 1.74. The molecule has 3 heteroatoms. The van der Waals surface area contributed by atoms with E-state index in [9.17, 15) is 0 Å². The average molecular weight is 270 g/mol. The maximum Gasteiger partial charge on any atom is 0.0765 e. The van der Waals surface area contributed by atoms with Gasteiger partial charge in [0.15, 0.2) is 0 Å². The van der Waals surface area contributed by atoms with E-state index in [-0.39, 0.29) is 0 Å². The summed E-state index contributed by atoms with van der Waals surface area (Å²) in [4.78, 5) is 7.85. The number of nitrogens with zero attached hydrogens (tertiary/aromatic N) is 2. The molecule has 2 rings (SSSR count). The van der Waals surface area contributed by atoms with Gasteiger partial charge in [0.25, 0.3) is 0 Å². The number of aliphatic imine (C=N–C) groups is 1. The summed E-state index contributed by atoms with van der Waals surface area (Å²) in [5.74, 6) is 0. The van der Waals surface area contributed by atoms with Crippen LogP contribution in [0.15, 0.2) is 58.4 Å². The molecule has 0 N–H and O–H groups in total. The molecular formula is C16H18N2S. The lowest BCUT2D eigenvalue weighted by Crippen LogP contribution is -2.08. The summed E-state index contributed by atoms with van der Waals surface area (Å²) >= 11 is 1.72. The van der Waals surface area contributed by atoms with Crippen molar-refractivity contribution in [2.75, 3.05) is 25.3 Å². The first-order valence-corrected chi connectivity index (χ1v) is 7.37. The summed E-state index contributed by atoms with van der Waals surface area (Å²) < 4.78 is 0. The van der Waals surface area contributed by atoms with Gasteiger partial charge in [0, 0.05) is 30.9 Å². The number of thioether (sulfide) groups is 1. The molecule has 2 aromatic carbocycles. The second-order valence-corrected chi connectivity index (χ2v) is 5.26. The van der Waals surface area contributed by atoms with Gasteiger partial charge in [0.2, 0.25) is 0 Å². The molecule has 0 aliphatic carbocycles. The number of anilines is 1. The first kappa shape index (κ1) is 13.7. The van der Waals surface area contributed by atoms with Crippen LogP contribution in [-0.4, -0.2) is 26.6 Å². The highest BCUT2D eigenvalue weighted by Gasteiger charge is 1.97. The standard InChI is InChI=1S/C16H18N2S/c1-18(2)14-10-8-13(9-11-14)12-17-15-6-4-5-7-16(15)19-3/h4-12H,1-3H3. The Morgan fingerprint density at radius 2 is 1.68 bits per heavy atom. The summed E-state index contributed by atoms with van der Waals surface area (Å²) in [5.41, 5.74) is 3.33. The van der Waals surface area contributed by atoms with E-state index in [1.54, 1.807) is 11.8 Å². The zero-order valence-electron chi connectivity index (χ0n) is 11.5. The van der Waals surface area contributed by atoms with E-state index in [0.717, 1.165) is 11.3 Å². The van der Waals surface area contributed by atoms with Gasteiger partial charge in [0.1, 0.15) is 0 Å². The Morgan fingerprint density at radius 3 is 2.32 bits per heavy atom. The molecule has 0 aliphatic heterocycles. The van der Waals surface area contributed by atoms with Crippen molar-refractivity contribution in [2.45, 2.75) is 4.90 Å². The Morgan fingerprint density at radius 1 is 1.00 bits per heavy atom. The van der Waals surface area contributed by atoms with Crippen molar-refractivity contribution in [3.63, 3.8) is 0 Å². The lowest BCUT2D eigenvalue weighted by molar-refractivity contribution is 1.13. The van der Waals surface area contributed by atoms with E-state index in [1.807, 2.05) is 38.5 Å². The van der Waals surface area contributed by atoms with E-state index in [0.29, 0.717) is 0 Å². The lowest BCUT2D eigenvalue weighted by Gasteiger charge is -2.11. The minimum Gasteiger partial charge on any atom is -0.378 e. The monoisotopic (exact) mass is 270 g/mol. The van der Waals surface area contributed by atoms with Crippen molar-refractivity contribution in [3.8, 4) is 0 Å². The van der Waals surface area contributed by atoms with Gasteiger partial charge in [-0.25, -0.2) is 0 Å². The largest absolute Gasteiger partial charge is 0.378 e. The predicted molar refractivity (Wildman–Crippen MR) is 86.2 cm³/mol. The first-order valence-electron chi connectivity index (χ1n) is 6.15. The number of hydrogen-bond acceptors (Lipinski definition) is 3. The van der Waals surface area contributed by atoms with Crippen molar-refractivity contribution >= 4 is 29.4 Å². The van der Waals surface area contributed by atoms with Gasteiger partial charge in [0.05, 0.1) is 5.69 Å². The maximum atomic E-state index is 4.56. The third-order valence-electron chi connectivity index (χ3n) is 2.85. The zero-order chi connectivity index (χ0) is 13.7. The Balaban J connectivity index is 2.18. The molecule has 0 spiro atoms. The van der Waals surface area contributed by atoms with Gasteiger partial charge in [-0.05, 0) is 36.1 Å². The third kappa shape index (κ3) is 3.61. The van der Waals surface area contributed by atoms with E-state index in [2.05, 4.69) is 46.5 Å². The van der Waals surface area contributed by atoms with Crippen LogP contribution >= 0.6 is 11.8 Å². The molecule has 0 saturated heterocycles. The molecule has 0 bridgehead atoms. The normalized spacial score (nSPS) is 10.9. The topological polar surface area (TPSA) is 15.6 Å². The molecule has 0 aromatic heterocycles. The van der Waals surface area contributed by atoms with Crippen molar-refractivity contribution in [2.24, 2.45) is 4.99 Å². The van der Waals surface area contributed by atoms with Crippen LogP contribution in [0.25, 0.3) is 0 Å². The van der Waals surface area contributed by atoms with E-state index in [1.165, 1.54) is 10.6 Å².